The van der Waals surface area contributed by atoms with Crippen molar-refractivity contribution in [2.75, 3.05) is 18.1 Å². The van der Waals surface area contributed by atoms with Gasteiger partial charge in [0.25, 0.3) is 0 Å². The zero-order valence-electron chi connectivity index (χ0n) is 18.7. The lowest BCUT2D eigenvalue weighted by atomic mass is 10.1. The van der Waals surface area contributed by atoms with E-state index in [-0.39, 0.29) is 16.9 Å². The summed E-state index contributed by atoms with van der Waals surface area (Å²) < 4.78 is 26.6. The molecule has 0 radical (unpaired) electrons. The molecule has 0 saturated heterocycles. The van der Waals surface area contributed by atoms with Crippen molar-refractivity contribution in [2.24, 2.45) is 0 Å². The molecule has 2 aromatic heterocycles. The Hall–Kier alpha value is -4.44. The Balaban J connectivity index is 0.000000241. The SMILES string of the molecule is CNc1cn(S(=O)(=O)CC=Cc2cccnc2)c2ccccc12.O=C(O)c1cccc(C(=O)O)c1. The highest BCUT2D eigenvalue weighted by Gasteiger charge is 2.17. The number of nitrogens with one attached hydrogen (secondary N) is 1. The molecule has 10 heteroatoms. The molecule has 0 bridgehead atoms. The third kappa shape index (κ3) is 6.33. The Morgan fingerprint density at radius 2 is 1.69 bits per heavy atom. The summed E-state index contributed by atoms with van der Waals surface area (Å²) in [6.45, 7) is 0. The smallest absolute Gasteiger partial charge is 0.335 e. The van der Waals surface area contributed by atoms with Crippen molar-refractivity contribution < 1.29 is 28.2 Å². The standard InChI is InChI=1S/C17H17N3O2S.C8H6O4/c1-18-16-13-20(17-9-3-2-8-15(16)17)23(21,22)11-5-7-14-6-4-10-19-12-14;9-7(10)5-2-1-3-6(4-5)8(11)12/h2-10,12-13,18H,11H2,1H3;1-4H,(H,9,10)(H,11,12). The molecular weight excluding hydrogens is 470 g/mol. The van der Waals surface area contributed by atoms with Crippen LogP contribution in [0.2, 0.25) is 0 Å². The lowest BCUT2D eigenvalue weighted by molar-refractivity contribution is 0.0696. The number of carboxylic acids is 2. The predicted molar refractivity (Wildman–Crippen MR) is 134 cm³/mol. The number of aromatic nitrogens is 2. The molecule has 0 spiro atoms. The van der Waals surface area contributed by atoms with Crippen LogP contribution in [0.5, 0.6) is 0 Å². The maximum Gasteiger partial charge on any atom is 0.335 e. The summed E-state index contributed by atoms with van der Waals surface area (Å²) in [6, 6.07) is 16.3. The van der Waals surface area contributed by atoms with Crippen LogP contribution in [-0.4, -0.2) is 52.3 Å². The number of benzene rings is 2. The van der Waals surface area contributed by atoms with E-state index in [4.69, 9.17) is 10.2 Å². The van der Waals surface area contributed by atoms with Crippen LogP contribution in [0.4, 0.5) is 5.69 Å². The van der Waals surface area contributed by atoms with Gasteiger partial charge in [-0.2, -0.15) is 0 Å². The van der Waals surface area contributed by atoms with Crippen molar-refractivity contribution >= 4 is 44.6 Å². The zero-order chi connectivity index (χ0) is 25.4. The highest BCUT2D eigenvalue weighted by atomic mass is 32.2. The second-order valence-corrected chi connectivity index (χ2v) is 9.15. The first-order valence-corrected chi connectivity index (χ1v) is 12.0. The summed E-state index contributed by atoms with van der Waals surface area (Å²) in [7, 11) is -1.70. The Morgan fingerprint density at radius 1 is 1.00 bits per heavy atom. The number of hydrogen-bond donors (Lipinski definition) is 3. The molecule has 0 fully saturated rings. The number of carbonyl (C=O) groups is 2. The monoisotopic (exact) mass is 493 g/mol. The average Bonchev–Trinajstić information content (AvgIpc) is 3.25. The minimum absolute atomic E-state index is 0.0186. The summed E-state index contributed by atoms with van der Waals surface area (Å²) in [6.07, 6.45) is 8.39. The van der Waals surface area contributed by atoms with Crippen LogP contribution in [0.15, 0.2) is 85.3 Å². The van der Waals surface area contributed by atoms with Crippen LogP contribution in [-0.2, 0) is 10.0 Å². The molecule has 3 N–H and O–H groups in total. The van der Waals surface area contributed by atoms with Crippen molar-refractivity contribution in [3.8, 4) is 0 Å². The average molecular weight is 494 g/mol. The molecule has 0 saturated carbocycles. The quantitative estimate of drug-likeness (QED) is 0.350. The van der Waals surface area contributed by atoms with Gasteiger partial charge in [0.05, 0.1) is 28.1 Å². The molecule has 0 aliphatic heterocycles. The number of fused-ring (bicyclic) bond motifs is 1. The van der Waals surface area contributed by atoms with Crippen LogP contribution < -0.4 is 5.32 Å². The Labute approximate surface area is 202 Å². The number of carboxylic acid groups (broad SMARTS) is 2. The topological polar surface area (TPSA) is 139 Å². The molecule has 2 aromatic carbocycles. The summed E-state index contributed by atoms with van der Waals surface area (Å²) in [4.78, 5) is 24.8. The molecule has 4 rings (SSSR count). The highest BCUT2D eigenvalue weighted by Crippen LogP contribution is 2.27. The molecule has 4 aromatic rings. The molecule has 35 heavy (non-hydrogen) atoms. The van der Waals surface area contributed by atoms with Gasteiger partial charge in [-0.1, -0.05) is 42.5 Å². The van der Waals surface area contributed by atoms with Gasteiger partial charge in [0.1, 0.15) is 0 Å². The number of nitrogens with zero attached hydrogens (tertiary/aromatic N) is 2. The van der Waals surface area contributed by atoms with E-state index in [9.17, 15) is 18.0 Å². The molecule has 9 nitrogen and oxygen atoms in total. The van der Waals surface area contributed by atoms with Crippen LogP contribution >= 0.6 is 0 Å². The molecule has 0 amide bonds. The number of pyridine rings is 1. The fourth-order valence-electron chi connectivity index (χ4n) is 3.23. The van der Waals surface area contributed by atoms with Crippen molar-refractivity contribution in [1.29, 1.82) is 0 Å². The van der Waals surface area contributed by atoms with Crippen molar-refractivity contribution in [1.82, 2.24) is 8.96 Å². The van der Waals surface area contributed by atoms with Crippen LogP contribution in [0.25, 0.3) is 17.0 Å². The minimum atomic E-state index is -3.48. The van der Waals surface area contributed by atoms with E-state index < -0.39 is 22.0 Å². The van der Waals surface area contributed by atoms with Gasteiger partial charge >= 0.3 is 11.9 Å². The van der Waals surface area contributed by atoms with Crippen LogP contribution in [0.3, 0.4) is 0 Å². The Kier molecular flexibility index (Phi) is 8.00. The van der Waals surface area contributed by atoms with Crippen molar-refractivity contribution in [3.05, 3.63) is 102 Å². The maximum absolute atomic E-state index is 12.6. The summed E-state index contributed by atoms with van der Waals surface area (Å²) in [5, 5.41) is 20.9. The van der Waals surface area contributed by atoms with E-state index in [2.05, 4.69) is 10.3 Å². The van der Waals surface area contributed by atoms with Gasteiger partial charge in [0.2, 0.25) is 10.0 Å². The molecule has 180 valence electrons. The normalized spacial score (nSPS) is 11.1. The van der Waals surface area contributed by atoms with E-state index in [1.165, 1.54) is 22.2 Å². The number of hydrogen-bond acceptors (Lipinski definition) is 6. The van der Waals surface area contributed by atoms with Gasteiger partial charge in [0.15, 0.2) is 0 Å². The first kappa shape index (κ1) is 25.2. The van der Waals surface area contributed by atoms with Gasteiger partial charge in [-0.25, -0.2) is 22.0 Å². The first-order valence-electron chi connectivity index (χ1n) is 10.4. The fraction of sp³-hybridized carbons (Fsp3) is 0.0800. The molecule has 0 unspecified atom stereocenters. The van der Waals surface area contributed by atoms with Crippen molar-refractivity contribution in [3.63, 3.8) is 0 Å². The number of rotatable bonds is 7. The van der Waals surface area contributed by atoms with Crippen LogP contribution in [0.1, 0.15) is 26.3 Å². The Morgan fingerprint density at radius 3 is 2.29 bits per heavy atom. The zero-order valence-corrected chi connectivity index (χ0v) is 19.5. The van der Waals surface area contributed by atoms with E-state index in [0.29, 0.717) is 5.52 Å². The van der Waals surface area contributed by atoms with Gasteiger partial charge in [-0.05, 0) is 35.9 Å². The fourth-order valence-corrected chi connectivity index (χ4v) is 4.45. The summed E-state index contributed by atoms with van der Waals surface area (Å²) in [5.41, 5.74) is 2.30. The van der Waals surface area contributed by atoms with Crippen LogP contribution in [0, 0.1) is 0 Å². The minimum Gasteiger partial charge on any atom is -0.478 e. The maximum atomic E-state index is 12.6. The van der Waals surface area contributed by atoms with E-state index in [0.717, 1.165) is 22.7 Å². The van der Waals surface area contributed by atoms with Gasteiger partial charge in [-0.15, -0.1) is 0 Å². The molecule has 0 aliphatic carbocycles. The van der Waals surface area contributed by atoms with E-state index in [1.54, 1.807) is 43.9 Å². The third-order valence-electron chi connectivity index (χ3n) is 4.91. The molecule has 0 atom stereocenters. The van der Waals surface area contributed by atoms with E-state index >= 15 is 0 Å². The Bertz CT molecular complexity index is 1450. The second kappa shape index (κ2) is 11.1. The lowest BCUT2D eigenvalue weighted by Crippen LogP contribution is -2.14. The third-order valence-corrected chi connectivity index (χ3v) is 6.42. The number of aromatic carboxylic acids is 2. The van der Waals surface area contributed by atoms with E-state index in [1.807, 2.05) is 30.3 Å². The molecule has 2 heterocycles. The first-order chi connectivity index (χ1) is 16.7. The lowest BCUT2D eigenvalue weighted by Gasteiger charge is -2.04. The van der Waals surface area contributed by atoms with Gasteiger partial charge in [0, 0.05) is 31.0 Å². The largest absolute Gasteiger partial charge is 0.478 e. The molecule has 0 aliphatic rings. The molecular formula is C25H23N3O6S. The van der Waals surface area contributed by atoms with Gasteiger partial charge < -0.3 is 15.5 Å². The summed E-state index contributed by atoms with van der Waals surface area (Å²) in [5.74, 6) is -2.33. The van der Waals surface area contributed by atoms with Crippen molar-refractivity contribution in [2.45, 2.75) is 0 Å². The van der Waals surface area contributed by atoms with Gasteiger partial charge in [-0.3, -0.25) is 4.98 Å². The number of para-hydroxylation sites is 1. The predicted octanol–water partition coefficient (Wildman–Crippen LogP) is 4.05. The highest BCUT2D eigenvalue weighted by molar-refractivity contribution is 7.90. The second-order valence-electron chi connectivity index (χ2n) is 7.26. The number of anilines is 1. The summed E-state index contributed by atoms with van der Waals surface area (Å²) >= 11 is 0.